The summed E-state index contributed by atoms with van der Waals surface area (Å²) >= 11 is 6.11. The van der Waals surface area contributed by atoms with Crippen molar-refractivity contribution in [3.8, 4) is 0 Å². The molecule has 0 atom stereocenters. The average Bonchev–Trinajstić information content (AvgIpc) is 1.50. The van der Waals surface area contributed by atoms with Crippen LogP contribution in [0, 0.1) is 0 Å². The van der Waals surface area contributed by atoms with Crippen molar-refractivity contribution < 1.29 is 0 Å². The van der Waals surface area contributed by atoms with Crippen LogP contribution in [0.4, 0.5) is 0 Å². The summed E-state index contributed by atoms with van der Waals surface area (Å²) in [5.41, 5.74) is 0. The van der Waals surface area contributed by atoms with Crippen LogP contribution in [0.3, 0.4) is 0 Å². The normalized spacial score (nSPS) is 2.60. The van der Waals surface area contributed by atoms with Gasteiger partial charge in [0, 0.05) is 6.38 Å². The van der Waals surface area contributed by atoms with Crippen molar-refractivity contribution in [2.45, 2.75) is 0 Å². The standard InChI is InChI=1S/CH3Cl.ClH.Li.Mg.2H/c1-2;;;;;/h1H3;1H;;;;/q;;+1;;;/p-1. The minimum absolute atomic E-state index is 0. The van der Waals surface area contributed by atoms with Crippen LogP contribution in [0.2, 0.25) is 0 Å². The fourth-order valence-electron chi connectivity index (χ4n) is 0. The van der Waals surface area contributed by atoms with E-state index in [1.165, 1.54) is 23.1 Å². The quantitative estimate of drug-likeness (QED) is 0.317. The Balaban J connectivity index is -0.0000000133. The molecule has 0 aliphatic heterocycles. The minimum Gasteiger partial charge on any atom is 0.316 e. The molecule has 0 spiro atoms. The number of hydrogen-bond acceptors (Lipinski definition) is 0. The molecule has 4 heteroatoms. The Bertz CT molecular complexity index is 9.61. The molecule has 0 amide bonds. The minimum atomic E-state index is 0. The van der Waals surface area contributed by atoms with Gasteiger partial charge >= 0.3 is 49.6 Å². The van der Waals surface area contributed by atoms with Gasteiger partial charge in [-0.25, -0.2) is 0 Å². The monoisotopic (exact) mass is 118 g/mol. The number of halogens is 2. The Morgan fingerprint density at radius 3 is 1.20 bits per heavy atom. The topological polar surface area (TPSA) is 0 Å². The second-order valence-corrected chi connectivity index (χ2v) is 0. The first-order chi connectivity index (χ1) is 2.00. The number of rotatable bonds is 0. The van der Waals surface area contributed by atoms with Crippen molar-refractivity contribution in [3.05, 3.63) is 0 Å². The predicted molar refractivity (Wildman–Crippen MR) is 31.9 cm³/mol. The molecule has 0 rings (SSSR count). The van der Waals surface area contributed by atoms with E-state index in [2.05, 4.69) is 21.4 Å². The molecule has 0 aromatic heterocycles. The first kappa shape index (κ1) is 15.8. The Kier molecular flexibility index (Phi) is 121. The summed E-state index contributed by atoms with van der Waals surface area (Å²) in [6.45, 7) is 0. The SMILES string of the molecule is CCl.[Li][Cl].[MgH2]. The third kappa shape index (κ3) is 24.5. The maximum atomic E-state index is 4.64. The van der Waals surface area contributed by atoms with Crippen LogP contribution >= 0.6 is 21.4 Å². The Morgan fingerprint density at radius 1 is 1.20 bits per heavy atom. The summed E-state index contributed by atoms with van der Waals surface area (Å²) in [4.78, 5) is 0. The van der Waals surface area contributed by atoms with Crippen LogP contribution in [-0.2, 0) is 0 Å². The molecule has 0 aliphatic rings. The molecule has 0 heterocycles. The van der Waals surface area contributed by atoms with Crippen LogP contribution in [0.15, 0.2) is 0 Å². The van der Waals surface area contributed by atoms with Gasteiger partial charge < -0.3 is 0 Å². The van der Waals surface area contributed by atoms with E-state index in [1.807, 2.05) is 0 Å². The molecule has 0 nitrogen and oxygen atoms in total. The van der Waals surface area contributed by atoms with Crippen LogP contribution in [0.25, 0.3) is 0 Å². The van der Waals surface area contributed by atoms with Crippen molar-refractivity contribution in [2.24, 2.45) is 0 Å². The molecule has 0 N–H and O–H groups in total. The summed E-state index contributed by atoms with van der Waals surface area (Å²) in [6.07, 6.45) is 1.47. The average molecular weight is 119 g/mol. The molecule has 0 saturated heterocycles. The van der Waals surface area contributed by atoms with Crippen molar-refractivity contribution in [1.29, 1.82) is 0 Å². The molecular formula is CH5Cl2LiMg. The summed E-state index contributed by atoms with van der Waals surface area (Å²) in [7, 11) is 4.64. The molecular weight excluding hydrogens is 114 g/mol. The summed E-state index contributed by atoms with van der Waals surface area (Å²) in [5.74, 6) is 0. The fourth-order valence-corrected chi connectivity index (χ4v) is 0. The van der Waals surface area contributed by atoms with Crippen molar-refractivity contribution >= 4 is 61.2 Å². The fraction of sp³-hybridized carbons (Fsp3) is 1.00. The molecule has 26 valence electrons. The molecule has 0 radical (unpaired) electrons. The Hall–Kier alpha value is 1.94. The van der Waals surface area contributed by atoms with E-state index >= 15 is 0 Å². The van der Waals surface area contributed by atoms with Gasteiger partial charge in [-0.1, -0.05) is 0 Å². The van der Waals surface area contributed by atoms with E-state index in [9.17, 15) is 0 Å². The van der Waals surface area contributed by atoms with Crippen molar-refractivity contribution in [1.82, 2.24) is 0 Å². The summed E-state index contributed by atoms with van der Waals surface area (Å²) < 4.78 is 0. The van der Waals surface area contributed by atoms with Crippen LogP contribution in [0.5, 0.6) is 0 Å². The molecule has 0 aromatic carbocycles. The van der Waals surface area contributed by atoms with Crippen LogP contribution in [0.1, 0.15) is 0 Å². The molecule has 0 unspecified atom stereocenters. The van der Waals surface area contributed by atoms with E-state index < -0.39 is 0 Å². The van der Waals surface area contributed by atoms with Gasteiger partial charge in [0.15, 0.2) is 0 Å². The van der Waals surface area contributed by atoms with Gasteiger partial charge in [0.05, 0.1) is 0 Å². The van der Waals surface area contributed by atoms with Crippen LogP contribution < -0.4 is 0 Å². The summed E-state index contributed by atoms with van der Waals surface area (Å²) in [6, 6.07) is 0. The second-order valence-electron chi connectivity index (χ2n) is 0. The van der Waals surface area contributed by atoms with Gasteiger partial charge in [-0.3, -0.25) is 0 Å². The zero-order chi connectivity index (χ0) is 4.00. The van der Waals surface area contributed by atoms with E-state index in [-0.39, 0.29) is 23.1 Å². The number of hydrogen-bond donors (Lipinski definition) is 0. The Labute approximate surface area is 67.0 Å². The second kappa shape index (κ2) is 38.5. The molecule has 0 aromatic rings. The molecule has 5 heavy (non-hydrogen) atoms. The van der Waals surface area contributed by atoms with Gasteiger partial charge in [0.1, 0.15) is 0 Å². The third-order valence-corrected chi connectivity index (χ3v) is 0. The zero-order valence-corrected chi connectivity index (χ0v) is 4.27. The third-order valence-electron chi connectivity index (χ3n) is 0. The van der Waals surface area contributed by atoms with E-state index in [1.54, 1.807) is 0 Å². The first-order valence-corrected chi connectivity index (χ1v) is 2.27. The van der Waals surface area contributed by atoms with E-state index in [0.29, 0.717) is 0 Å². The van der Waals surface area contributed by atoms with Gasteiger partial charge in [0.2, 0.25) is 0 Å². The molecule has 0 aliphatic carbocycles. The van der Waals surface area contributed by atoms with Crippen molar-refractivity contribution in [2.75, 3.05) is 6.38 Å². The van der Waals surface area contributed by atoms with Gasteiger partial charge in [-0.15, -0.1) is 11.6 Å². The molecule has 0 saturated carbocycles. The van der Waals surface area contributed by atoms with Crippen LogP contribution in [-0.4, -0.2) is 46.2 Å². The van der Waals surface area contributed by atoms with Gasteiger partial charge in [-0.05, 0) is 0 Å². The van der Waals surface area contributed by atoms with E-state index in [4.69, 9.17) is 0 Å². The Morgan fingerprint density at radius 2 is 1.20 bits per heavy atom. The summed E-state index contributed by atoms with van der Waals surface area (Å²) in [5, 5.41) is 0. The van der Waals surface area contributed by atoms with Crippen molar-refractivity contribution in [3.63, 3.8) is 0 Å². The maximum absolute atomic E-state index is 4.64. The molecule has 0 fully saturated rings. The molecule has 0 bridgehead atoms. The number of alkyl halides is 1. The van der Waals surface area contributed by atoms with Gasteiger partial charge in [-0.2, -0.15) is 0 Å². The van der Waals surface area contributed by atoms with E-state index in [0.717, 1.165) is 0 Å². The smallest absolute Gasteiger partial charge is 0.316 e. The maximum Gasteiger partial charge on any atom is 0.316 e. The first-order valence-electron chi connectivity index (χ1n) is 0.756. The predicted octanol–water partition coefficient (Wildman–Crippen LogP) is 0.247. The largest absolute Gasteiger partial charge is 0.316 e. The zero-order valence-electron chi connectivity index (χ0n) is 2.76. The van der Waals surface area contributed by atoms with Gasteiger partial charge in [0.25, 0.3) is 0 Å².